The molecular weight excluding hydrogens is 312 g/mol. The van der Waals surface area contributed by atoms with E-state index in [-0.39, 0.29) is 0 Å². The van der Waals surface area contributed by atoms with E-state index in [1.165, 1.54) is 18.4 Å². The maximum Gasteiger partial charge on any atom is 0.227 e. The first-order valence-electron chi connectivity index (χ1n) is 9.33. The molecule has 0 saturated carbocycles. The van der Waals surface area contributed by atoms with Crippen molar-refractivity contribution in [2.24, 2.45) is 0 Å². The standard InChI is InChI=1S/C19H26N6/c1-2-10-25(9-1)19-21-8-5-18(22-19)24-14-12-23(13-15-24)11-6-17-4-3-7-20-16-17/h3-5,7-8,16H,1-2,6,9-15H2. The van der Waals surface area contributed by atoms with E-state index < -0.39 is 0 Å². The molecule has 0 N–H and O–H groups in total. The molecule has 2 aromatic heterocycles. The molecule has 25 heavy (non-hydrogen) atoms. The SMILES string of the molecule is c1cncc(CCN2CCN(c3ccnc(N4CCCC4)n3)CC2)c1. The molecule has 4 heterocycles. The molecule has 0 amide bonds. The zero-order valence-electron chi connectivity index (χ0n) is 14.7. The van der Waals surface area contributed by atoms with E-state index in [0.29, 0.717) is 0 Å². The molecule has 0 aromatic carbocycles. The van der Waals surface area contributed by atoms with Gasteiger partial charge in [-0.25, -0.2) is 4.98 Å². The van der Waals surface area contributed by atoms with Crippen molar-refractivity contribution in [2.45, 2.75) is 19.3 Å². The highest BCUT2D eigenvalue weighted by Gasteiger charge is 2.20. The van der Waals surface area contributed by atoms with Crippen LogP contribution in [-0.2, 0) is 6.42 Å². The quantitative estimate of drug-likeness (QED) is 0.829. The van der Waals surface area contributed by atoms with Crippen molar-refractivity contribution >= 4 is 11.8 Å². The second-order valence-corrected chi connectivity index (χ2v) is 6.85. The van der Waals surface area contributed by atoms with Gasteiger partial charge < -0.3 is 9.80 Å². The van der Waals surface area contributed by atoms with Gasteiger partial charge in [0.05, 0.1) is 0 Å². The lowest BCUT2D eigenvalue weighted by Crippen LogP contribution is -2.47. The summed E-state index contributed by atoms with van der Waals surface area (Å²) in [4.78, 5) is 20.7. The Labute approximate surface area is 149 Å². The number of pyridine rings is 1. The molecule has 2 aromatic rings. The summed E-state index contributed by atoms with van der Waals surface area (Å²) in [5.41, 5.74) is 1.32. The second kappa shape index (κ2) is 7.78. The smallest absolute Gasteiger partial charge is 0.227 e. The molecule has 0 aliphatic carbocycles. The summed E-state index contributed by atoms with van der Waals surface area (Å²) in [7, 11) is 0. The number of rotatable bonds is 5. The van der Waals surface area contributed by atoms with Crippen LogP contribution < -0.4 is 9.80 Å². The Balaban J connectivity index is 1.30. The first kappa shape index (κ1) is 16.3. The topological polar surface area (TPSA) is 48.4 Å². The van der Waals surface area contributed by atoms with Crippen LogP contribution in [0, 0.1) is 0 Å². The molecule has 0 bridgehead atoms. The fraction of sp³-hybridized carbons (Fsp3) is 0.526. The average molecular weight is 338 g/mol. The zero-order chi connectivity index (χ0) is 16.9. The normalized spacial score (nSPS) is 18.7. The van der Waals surface area contributed by atoms with Gasteiger partial charge >= 0.3 is 0 Å². The molecular formula is C19H26N6. The van der Waals surface area contributed by atoms with Crippen LogP contribution in [0.1, 0.15) is 18.4 Å². The van der Waals surface area contributed by atoms with Gasteiger partial charge in [-0.1, -0.05) is 6.07 Å². The van der Waals surface area contributed by atoms with E-state index in [0.717, 1.165) is 64.0 Å². The molecule has 6 heteroatoms. The van der Waals surface area contributed by atoms with Crippen molar-refractivity contribution in [1.29, 1.82) is 0 Å². The van der Waals surface area contributed by atoms with Crippen molar-refractivity contribution < 1.29 is 0 Å². The van der Waals surface area contributed by atoms with Gasteiger partial charge in [-0.2, -0.15) is 4.98 Å². The predicted octanol–water partition coefficient (Wildman–Crippen LogP) is 1.84. The summed E-state index contributed by atoms with van der Waals surface area (Å²) in [5.74, 6) is 1.97. The molecule has 0 spiro atoms. The Morgan fingerprint density at radius 3 is 2.48 bits per heavy atom. The van der Waals surface area contributed by atoms with Gasteiger partial charge in [0.2, 0.25) is 5.95 Å². The first-order chi connectivity index (χ1) is 12.4. The van der Waals surface area contributed by atoms with Gasteiger partial charge in [-0.05, 0) is 37.0 Å². The van der Waals surface area contributed by atoms with Crippen LogP contribution >= 0.6 is 0 Å². The van der Waals surface area contributed by atoms with Crippen LogP contribution in [0.2, 0.25) is 0 Å². The third-order valence-electron chi connectivity index (χ3n) is 5.15. The van der Waals surface area contributed by atoms with E-state index >= 15 is 0 Å². The highest BCUT2D eigenvalue weighted by molar-refractivity contribution is 5.44. The number of aromatic nitrogens is 3. The van der Waals surface area contributed by atoms with Crippen LogP contribution in [0.3, 0.4) is 0 Å². The van der Waals surface area contributed by atoms with Gasteiger partial charge in [0.25, 0.3) is 0 Å². The fourth-order valence-electron chi connectivity index (χ4n) is 3.62. The molecule has 132 valence electrons. The summed E-state index contributed by atoms with van der Waals surface area (Å²) < 4.78 is 0. The minimum Gasteiger partial charge on any atom is -0.354 e. The highest BCUT2D eigenvalue weighted by atomic mass is 15.3. The molecule has 2 saturated heterocycles. The van der Waals surface area contributed by atoms with Gasteiger partial charge in [0.1, 0.15) is 5.82 Å². The Bertz CT molecular complexity index is 663. The zero-order valence-corrected chi connectivity index (χ0v) is 14.7. The Hall–Kier alpha value is -2.21. The summed E-state index contributed by atoms with van der Waals surface area (Å²) >= 11 is 0. The third kappa shape index (κ3) is 4.07. The molecule has 0 radical (unpaired) electrons. The van der Waals surface area contributed by atoms with Crippen LogP contribution in [0.4, 0.5) is 11.8 Å². The summed E-state index contributed by atoms with van der Waals surface area (Å²) in [6.07, 6.45) is 9.29. The molecule has 2 aliphatic rings. The highest BCUT2D eigenvalue weighted by Crippen LogP contribution is 2.20. The average Bonchev–Trinajstić information content (AvgIpc) is 3.23. The first-order valence-corrected chi connectivity index (χ1v) is 9.33. The number of hydrogen-bond donors (Lipinski definition) is 0. The van der Waals surface area contributed by atoms with E-state index in [2.05, 4.69) is 30.7 Å². The molecule has 0 atom stereocenters. The van der Waals surface area contributed by atoms with Crippen LogP contribution in [0.15, 0.2) is 36.8 Å². The summed E-state index contributed by atoms with van der Waals surface area (Å²) in [6.45, 7) is 7.51. The Morgan fingerprint density at radius 2 is 1.72 bits per heavy atom. The molecule has 2 fully saturated rings. The number of hydrogen-bond acceptors (Lipinski definition) is 6. The number of anilines is 2. The Kier molecular flexibility index (Phi) is 5.06. The van der Waals surface area contributed by atoms with E-state index in [4.69, 9.17) is 4.98 Å². The summed E-state index contributed by atoms with van der Waals surface area (Å²) in [6, 6.07) is 6.22. The molecule has 6 nitrogen and oxygen atoms in total. The second-order valence-electron chi connectivity index (χ2n) is 6.85. The van der Waals surface area contributed by atoms with E-state index in [1.807, 2.05) is 30.7 Å². The minimum absolute atomic E-state index is 0.897. The number of nitrogens with zero attached hydrogens (tertiary/aromatic N) is 6. The van der Waals surface area contributed by atoms with E-state index in [1.54, 1.807) is 0 Å². The van der Waals surface area contributed by atoms with Crippen molar-refractivity contribution in [3.05, 3.63) is 42.4 Å². The van der Waals surface area contributed by atoms with Crippen molar-refractivity contribution in [3.63, 3.8) is 0 Å². The lowest BCUT2D eigenvalue weighted by molar-refractivity contribution is 0.260. The van der Waals surface area contributed by atoms with Crippen molar-refractivity contribution in [1.82, 2.24) is 19.9 Å². The maximum absolute atomic E-state index is 4.81. The predicted molar refractivity (Wildman–Crippen MR) is 100 cm³/mol. The number of piperazine rings is 1. The van der Waals surface area contributed by atoms with Crippen LogP contribution in [0.25, 0.3) is 0 Å². The molecule has 4 rings (SSSR count). The third-order valence-corrected chi connectivity index (χ3v) is 5.15. The maximum atomic E-state index is 4.81. The van der Waals surface area contributed by atoms with Gasteiger partial charge in [0, 0.05) is 64.4 Å². The van der Waals surface area contributed by atoms with Crippen molar-refractivity contribution in [2.75, 3.05) is 55.6 Å². The molecule has 2 aliphatic heterocycles. The van der Waals surface area contributed by atoms with Crippen molar-refractivity contribution in [3.8, 4) is 0 Å². The monoisotopic (exact) mass is 338 g/mol. The molecule has 0 unspecified atom stereocenters. The van der Waals surface area contributed by atoms with Crippen LogP contribution in [-0.4, -0.2) is 65.7 Å². The fourth-order valence-corrected chi connectivity index (χ4v) is 3.62. The van der Waals surface area contributed by atoms with Gasteiger partial charge in [-0.15, -0.1) is 0 Å². The lowest BCUT2D eigenvalue weighted by atomic mass is 10.2. The van der Waals surface area contributed by atoms with Gasteiger partial charge in [0.15, 0.2) is 0 Å². The lowest BCUT2D eigenvalue weighted by Gasteiger charge is -2.35. The largest absolute Gasteiger partial charge is 0.354 e. The van der Waals surface area contributed by atoms with Gasteiger partial charge in [-0.3, -0.25) is 9.88 Å². The van der Waals surface area contributed by atoms with Crippen LogP contribution in [0.5, 0.6) is 0 Å². The Morgan fingerprint density at radius 1 is 0.880 bits per heavy atom. The summed E-state index contributed by atoms with van der Waals surface area (Å²) in [5, 5.41) is 0. The van der Waals surface area contributed by atoms with E-state index in [9.17, 15) is 0 Å². The minimum atomic E-state index is 0.897.